The molecule has 0 bridgehead atoms. The lowest BCUT2D eigenvalue weighted by molar-refractivity contribution is 0.500. The first-order valence-corrected chi connectivity index (χ1v) is 6.24. The van der Waals surface area contributed by atoms with E-state index in [0.717, 1.165) is 18.7 Å². The number of benzene rings is 1. The average Bonchev–Trinajstić information content (AvgIpc) is 2.25. The molecule has 1 aromatic rings. The number of halogens is 2. The van der Waals surface area contributed by atoms with Gasteiger partial charge in [-0.15, -0.1) is 0 Å². The Labute approximate surface area is 107 Å². The van der Waals surface area contributed by atoms with Crippen LogP contribution in [0.1, 0.15) is 25.8 Å². The van der Waals surface area contributed by atoms with Crippen molar-refractivity contribution >= 4 is 28.9 Å². The number of nitrogens with one attached hydrogen (secondary N) is 1. The molecule has 0 aliphatic rings. The van der Waals surface area contributed by atoms with Crippen LogP contribution in [0, 0.1) is 5.92 Å². The lowest BCUT2D eigenvalue weighted by Crippen LogP contribution is -2.20. The minimum atomic E-state index is 0.453. The Kier molecular flexibility index (Phi) is 5.39. The molecule has 0 aliphatic carbocycles. The van der Waals surface area contributed by atoms with Crippen molar-refractivity contribution in [2.75, 3.05) is 12.3 Å². The topological polar surface area (TPSA) is 38.0 Å². The summed E-state index contributed by atoms with van der Waals surface area (Å²) >= 11 is 11.9. The van der Waals surface area contributed by atoms with Crippen LogP contribution in [0.5, 0.6) is 0 Å². The van der Waals surface area contributed by atoms with Crippen molar-refractivity contribution < 1.29 is 0 Å². The van der Waals surface area contributed by atoms with Crippen molar-refractivity contribution in [2.45, 2.75) is 26.8 Å². The third kappa shape index (κ3) is 3.85. The second-order valence-corrected chi connectivity index (χ2v) is 4.93. The highest BCUT2D eigenvalue weighted by Crippen LogP contribution is 2.28. The van der Waals surface area contributed by atoms with Crippen LogP contribution < -0.4 is 11.1 Å². The maximum atomic E-state index is 5.95. The lowest BCUT2D eigenvalue weighted by Gasteiger charge is -2.11. The van der Waals surface area contributed by atoms with E-state index in [1.807, 2.05) is 12.1 Å². The molecule has 1 unspecified atom stereocenters. The highest BCUT2D eigenvalue weighted by atomic mass is 35.5. The van der Waals surface area contributed by atoms with E-state index in [1.54, 1.807) is 0 Å². The minimum absolute atomic E-state index is 0.453. The lowest BCUT2D eigenvalue weighted by atomic mass is 10.1. The van der Waals surface area contributed by atoms with Crippen LogP contribution in [0.25, 0.3) is 0 Å². The summed E-state index contributed by atoms with van der Waals surface area (Å²) in [5.41, 5.74) is 7.18. The fourth-order valence-electron chi connectivity index (χ4n) is 1.35. The molecule has 0 aromatic heterocycles. The summed E-state index contributed by atoms with van der Waals surface area (Å²) in [6.45, 7) is 6.17. The summed E-state index contributed by atoms with van der Waals surface area (Å²) in [7, 11) is 0. The molecular formula is C12H18Cl2N2. The van der Waals surface area contributed by atoms with Gasteiger partial charge in [0.1, 0.15) is 0 Å². The van der Waals surface area contributed by atoms with Gasteiger partial charge in [0.25, 0.3) is 0 Å². The van der Waals surface area contributed by atoms with Crippen LogP contribution in [0.3, 0.4) is 0 Å². The zero-order valence-electron chi connectivity index (χ0n) is 9.69. The molecule has 16 heavy (non-hydrogen) atoms. The number of rotatable bonds is 5. The van der Waals surface area contributed by atoms with Gasteiger partial charge in [-0.05, 0) is 30.2 Å². The molecule has 0 fully saturated rings. The molecule has 0 saturated heterocycles. The van der Waals surface area contributed by atoms with E-state index < -0.39 is 0 Å². The molecule has 0 radical (unpaired) electrons. The molecule has 90 valence electrons. The smallest absolute Gasteiger partial charge is 0.0693 e. The molecule has 3 N–H and O–H groups in total. The van der Waals surface area contributed by atoms with Gasteiger partial charge >= 0.3 is 0 Å². The standard InChI is InChI=1S/C12H18Cl2N2/c1-3-8(2)6-16-7-9-4-10(13)12(15)11(14)5-9/h4-5,8,16H,3,6-7,15H2,1-2H3. The number of nitrogen functional groups attached to an aromatic ring is 1. The third-order valence-electron chi connectivity index (χ3n) is 2.66. The van der Waals surface area contributed by atoms with E-state index in [1.165, 1.54) is 6.42 Å². The second-order valence-electron chi connectivity index (χ2n) is 4.12. The molecule has 0 saturated carbocycles. The molecule has 0 aliphatic heterocycles. The Morgan fingerprint density at radius 3 is 2.38 bits per heavy atom. The Morgan fingerprint density at radius 1 is 1.31 bits per heavy atom. The summed E-state index contributed by atoms with van der Waals surface area (Å²) in [5.74, 6) is 0.680. The van der Waals surface area contributed by atoms with Crippen molar-refractivity contribution in [1.82, 2.24) is 5.32 Å². The Hall–Kier alpha value is -0.440. The Bertz CT molecular complexity index is 330. The molecule has 0 spiro atoms. The summed E-state index contributed by atoms with van der Waals surface area (Å²) in [5, 5.41) is 4.41. The predicted molar refractivity (Wildman–Crippen MR) is 72.0 cm³/mol. The molecule has 1 rings (SSSR count). The molecular weight excluding hydrogens is 243 g/mol. The van der Waals surface area contributed by atoms with Gasteiger partial charge in [-0.1, -0.05) is 43.5 Å². The van der Waals surface area contributed by atoms with Crippen molar-refractivity contribution in [3.05, 3.63) is 27.7 Å². The van der Waals surface area contributed by atoms with Gasteiger partial charge < -0.3 is 11.1 Å². The highest BCUT2D eigenvalue weighted by molar-refractivity contribution is 6.38. The van der Waals surface area contributed by atoms with E-state index in [0.29, 0.717) is 21.7 Å². The van der Waals surface area contributed by atoms with Crippen molar-refractivity contribution in [1.29, 1.82) is 0 Å². The number of anilines is 1. The maximum Gasteiger partial charge on any atom is 0.0693 e. The van der Waals surface area contributed by atoms with Crippen molar-refractivity contribution in [3.63, 3.8) is 0 Å². The van der Waals surface area contributed by atoms with Gasteiger partial charge in [0.15, 0.2) is 0 Å². The van der Waals surface area contributed by atoms with E-state index >= 15 is 0 Å². The van der Waals surface area contributed by atoms with E-state index in [4.69, 9.17) is 28.9 Å². The van der Waals surface area contributed by atoms with E-state index in [-0.39, 0.29) is 0 Å². The summed E-state index contributed by atoms with van der Waals surface area (Å²) in [6.07, 6.45) is 1.18. The van der Waals surface area contributed by atoms with Crippen LogP contribution >= 0.6 is 23.2 Å². The van der Waals surface area contributed by atoms with E-state index in [2.05, 4.69) is 19.2 Å². The van der Waals surface area contributed by atoms with Gasteiger partial charge in [-0.25, -0.2) is 0 Å². The SMILES string of the molecule is CCC(C)CNCc1cc(Cl)c(N)c(Cl)c1. The van der Waals surface area contributed by atoms with Gasteiger partial charge in [0.05, 0.1) is 15.7 Å². The van der Waals surface area contributed by atoms with Crippen molar-refractivity contribution in [2.24, 2.45) is 5.92 Å². The molecule has 0 heterocycles. The number of nitrogens with two attached hydrogens (primary N) is 1. The predicted octanol–water partition coefficient (Wildman–Crippen LogP) is 3.71. The van der Waals surface area contributed by atoms with Crippen LogP contribution in [-0.4, -0.2) is 6.54 Å². The number of hydrogen-bond acceptors (Lipinski definition) is 2. The number of hydrogen-bond donors (Lipinski definition) is 2. The molecule has 1 atom stereocenters. The van der Waals surface area contributed by atoms with Gasteiger partial charge in [0.2, 0.25) is 0 Å². The summed E-state index contributed by atoms with van der Waals surface area (Å²) in [6, 6.07) is 3.71. The summed E-state index contributed by atoms with van der Waals surface area (Å²) < 4.78 is 0. The molecule has 1 aromatic carbocycles. The van der Waals surface area contributed by atoms with Crippen LogP contribution in [0.15, 0.2) is 12.1 Å². The second kappa shape index (κ2) is 6.33. The van der Waals surface area contributed by atoms with Crippen molar-refractivity contribution in [3.8, 4) is 0 Å². The average molecular weight is 261 g/mol. The van der Waals surface area contributed by atoms with Gasteiger partial charge in [0, 0.05) is 6.54 Å². The first-order valence-electron chi connectivity index (χ1n) is 5.48. The molecule has 4 heteroatoms. The van der Waals surface area contributed by atoms with Crippen LogP contribution in [-0.2, 0) is 6.54 Å². The summed E-state index contributed by atoms with van der Waals surface area (Å²) in [4.78, 5) is 0. The normalized spacial score (nSPS) is 12.8. The van der Waals surface area contributed by atoms with Gasteiger partial charge in [-0.2, -0.15) is 0 Å². The fourth-order valence-corrected chi connectivity index (χ4v) is 1.88. The van der Waals surface area contributed by atoms with Crippen LogP contribution in [0.4, 0.5) is 5.69 Å². The molecule has 2 nitrogen and oxygen atoms in total. The maximum absolute atomic E-state index is 5.95. The highest BCUT2D eigenvalue weighted by Gasteiger charge is 2.05. The van der Waals surface area contributed by atoms with Crippen LogP contribution in [0.2, 0.25) is 10.0 Å². The fraction of sp³-hybridized carbons (Fsp3) is 0.500. The first kappa shape index (κ1) is 13.6. The third-order valence-corrected chi connectivity index (χ3v) is 3.28. The monoisotopic (exact) mass is 260 g/mol. The quantitative estimate of drug-likeness (QED) is 0.793. The van der Waals surface area contributed by atoms with E-state index in [9.17, 15) is 0 Å². The molecule has 0 amide bonds. The minimum Gasteiger partial charge on any atom is -0.396 e. The first-order chi connectivity index (χ1) is 7.54. The Balaban J connectivity index is 2.55. The zero-order valence-corrected chi connectivity index (χ0v) is 11.2. The Morgan fingerprint density at radius 2 is 1.88 bits per heavy atom. The zero-order chi connectivity index (χ0) is 12.1. The largest absolute Gasteiger partial charge is 0.396 e. The van der Waals surface area contributed by atoms with Gasteiger partial charge in [-0.3, -0.25) is 0 Å².